The van der Waals surface area contributed by atoms with Gasteiger partial charge in [-0.3, -0.25) is 0 Å². The summed E-state index contributed by atoms with van der Waals surface area (Å²) in [5.41, 5.74) is 0.490. The van der Waals surface area contributed by atoms with Gasteiger partial charge in [0.25, 0.3) is 0 Å². The molecule has 0 saturated heterocycles. The predicted molar refractivity (Wildman–Crippen MR) is 69.0 cm³/mol. The number of methoxy groups -OCH3 is 1. The maximum atomic E-state index is 9.85. The van der Waals surface area contributed by atoms with E-state index in [2.05, 4.69) is 15.2 Å². The number of ether oxygens (including phenoxy) is 1. The third-order valence-corrected chi connectivity index (χ3v) is 3.22. The van der Waals surface area contributed by atoms with Crippen molar-refractivity contribution in [3.63, 3.8) is 0 Å². The average molecular weight is 283 g/mol. The number of hydrogen-bond donors (Lipinski definition) is 4. The summed E-state index contributed by atoms with van der Waals surface area (Å²) in [5.74, 6) is 1.05. The van der Waals surface area contributed by atoms with Crippen LogP contribution < -0.4 is 4.74 Å². The van der Waals surface area contributed by atoms with E-state index in [0.717, 1.165) is 11.8 Å². The highest BCUT2D eigenvalue weighted by Crippen LogP contribution is 2.30. The first-order chi connectivity index (χ1) is 9.10. The number of thioether (sulfide) groups is 1. The van der Waals surface area contributed by atoms with Crippen LogP contribution in [-0.4, -0.2) is 49.7 Å². The summed E-state index contributed by atoms with van der Waals surface area (Å²) in [6.07, 6.45) is -1.41. The summed E-state index contributed by atoms with van der Waals surface area (Å²) in [5, 5.41) is 35.5. The molecule has 0 bridgehead atoms. The summed E-state index contributed by atoms with van der Waals surface area (Å²) in [6.45, 7) is 0. The number of aromatic hydroxyl groups is 1. The zero-order chi connectivity index (χ0) is 13.8. The lowest BCUT2D eigenvalue weighted by Gasteiger charge is -2.03. The molecular formula is C11H13N3O4S. The Labute approximate surface area is 113 Å². The maximum Gasteiger partial charge on any atom is 0.189 e. The molecule has 1 heterocycles. The number of benzene rings is 1. The molecule has 8 heteroatoms. The van der Waals surface area contributed by atoms with Crippen LogP contribution in [0.4, 0.5) is 0 Å². The number of phenols is 1. The summed E-state index contributed by atoms with van der Waals surface area (Å²) < 4.78 is 4.99. The van der Waals surface area contributed by atoms with E-state index < -0.39 is 6.29 Å². The lowest BCUT2D eigenvalue weighted by Crippen LogP contribution is -2.07. The number of aromatic nitrogens is 3. The molecule has 0 aliphatic carbocycles. The van der Waals surface area contributed by atoms with Gasteiger partial charge in [-0.15, -0.1) is 10.2 Å². The van der Waals surface area contributed by atoms with Crippen molar-refractivity contribution in [2.45, 2.75) is 11.4 Å². The van der Waals surface area contributed by atoms with Crippen molar-refractivity contribution in [3.05, 3.63) is 18.2 Å². The second kappa shape index (κ2) is 5.91. The zero-order valence-electron chi connectivity index (χ0n) is 10.1. The predicted octanol–water partition coefficient (Wildman–Crippen LogP) is 0.589. The minimum Gasteiger partial charge on any atom is -0.507 e. The van der Waals surface area contributed by atoms with E-state index in [1.807, 2.05) is 0 Å². The highest BCUT2D eigenvalue weighted by atomic mass is 32.2. The Hall–Kier alpha value is -1.77. The van der Waals surface area contributed by atoms with E-state index in [1.54, 1.807) is 12.1 Å². The molecule has 0 atom stereocenters. The third-order valence-electron chi connectivity index (χ3n) is 2.30. The van der Waals surface area contributed by atoms with Crippen LogP contribution in [0, 0.1) is 0 Å². The van der Waals surface area contributed by atoms with E-state index in [9.17, 15) is 5.11 Å². The lowest BCUT2D eigenvalue weighted by atomic mass is 10.2. The van der Waals surface area contributed by atoms with Gasteiger partial charge in [-0.1, -0.05) is 11.8 Å². The summed E-state index contributed by atoms with van der Waals surface area (Å²) in [7, 11) is 1.51. The number of H-pyrrole nitrogens is 1. The van der Waals surface area contributed by atoms with Gasteiger partial charge in [0, 0.05) is 6.07 Å². The standard InChI is InChI=1S/C11H13N3O4S/c1-18-6-2-3-7(8(15)4-6)10-12-11(14-13-10)19-5-9(16)17/h2-4,9,15-17H,5H2,1H3,(H,12,13,14). The number of nitrogens with one attached hydrogen (secondary N) is 1. The van der Waals surface area contributed by atoms with E-state index >= 15 is 0 Å². The number of hydrogen-bond acceptors (Lipinski definition) is 7. The van der Waals surface area contributed by atoms with Crippen LogP contribution in [-0.2, 0) is 0 Å². The van der Waals surface area contributed by atoms with Gasteiger partial charge in [-0.05, 0) is 12.1 Å². The molecular weight excluding hydrogens is 270 g/mol. The molecule has 0 amide bonds. The van der Waals surface area contributed by atoms with Crippen LogP contribution in [0.15, 0.2) is 23.4 Å². The number of phenolic OH excluding ortho intramolecular Hbond substituents is 1. The van der Waals surface area contributed by atoms with Crippen molar-refractivity contribution in [3.8, 4) is 22.9 Å². The molecule has 0 unspecified atom stereocenters. The fourth-order valence-electron chi connectivity index (χ4n) is 1.42. The smallest absolute Gasteiger partial charge is 0.189 e. The first-order valence-electron chi connectivity index (χ1n) is 5.39. The Kier molecular flexibility index (Phi) is 4.25. The van der Waals surface area contributed by atoms with Crippen molar-refractivity contribution >= 4 is 11.8 Å². The molecule has 2 rings (SSSR count). The first kappa shape index (κ1) is 13.7. The number of aliphatic hydroxyl groups is 2. The molecule has 0 radical (unpaired) electrons. The van der Waals surface area contributed by atoms with Crippen molar-refractivity contribution in [1.29, 1.82) is 0 Å². The van der Waals surface area contributed by atoms with Crippen LogP contribution in [0.25, 0.3) is 11.4 Å². The Bertz CT molecular complexity index is 559. The van der Waals surface area contributed by atoms with Crippen molar-refractivity contribution < 1.29 is 20.1 Å². The Morgan fingerprint density at radius 1 is 1.37 bits per heavy atom. The number of nitrogens with zero attached hydrogens (tertiary/aromatic N) is 2. The Morgan fingerprint density at radius 3 is 2.79 bits per heavy atom. The quantitative estimate of drug-likeness (QED) is 0.469. The van der Waals surface area contributed by atoms with E-state index in [4.69, 9.17) is 14.9 Å². The number of aromatic amines is 1. The van der Waals surface area contributed by atoms with Gasteiger partial charge in [0.15, 0.2) is 17.3 Å². The minimum absolute atomic E-state index is 0.0224. The minimum atomic E-state index is -1.41. The monoisotopic (exact) mass is 283 g/mol. The van der Waals surface area contributed by atoms with Crippen LogP contribution in [0.5, 0.6) is 11.5 Å². The summed E-state index contributed by atoms with van der Waals surface area (Å²) in [4.78, 5) is 2.88. The molecule has 1 aromatic heterocycles. The van der Waals surface area contributed by atoms with Gasteiger partial charge in [0.05, 0.1) is 18.4 Å². The van der Waals surface area contributed by atoms with Crippen molar-refractivity contribution in [2.75, 3.05) is 12.9 Å². The maximum absolute atomic E-state index is 9.85. The molecule has 19 heavy (non-hydrogen) atoms. The molecule has 0 spiro atoms. The second-order valence-electron chi connectivity index (χ2n) is 3.65. The van der Waals surface area contributed by atoms with Gasteiger partial charge < -0.3 is 25.0 Å². The average Bonchev–Trinajstić information content (AvgIpc) is 2.84. The highest BCUT2D eigenvalue weighted by molar-refractivity contribution is 7.99. The molecule has 0 aliphatic rings. The molecule has 102 valence electrons. The van der Waals surface area contributed by atoms with Gasteiger partial charge in [0.2, 0.25) is 0 Å². The van der Waals surface area contributed by atoms with Crippen LogP contribution in [0.3, 0.4) is 0 Å². The van der Waals surface area contributed by atoms with Crippen LogP contribution in [0.1, 0.15) is 0 Å². The number of rotatable bonds is 5. The molecule has 0 saturated carbocycles. The van der Waals surface area contributed by atoms with E-state index in [-0.39, 0.29) is 11.5 Å². The van der Waals surface area contributed by atoms with Gasteiger partial charge in [0.1, 0.15) is 11.5 Å². The van der Waals surface area contributed by atoms with Crippen LogP contribution in [0.2, 0.25) is 0 Å². The lowest BCUT2D eigenvalue weighted by molar-refractivity contribution is -0.0186. The topological polar surface area (TPSA) is 111 Å². The van der Waals surface area contributed by atoms with Crippen LogP contribution >= 0.6 is 11.8 Å². The van der Waals surface area contributed by atoms with Gasteiger partial charge in [-0.2, -0.15) is 0 Å². The normalized spacial score (nSPS) is 10.9. The molecule has 4 N–H and O–H groups in total. The molecule has 1 aromatic carbocycles. The third kappa shape index (κ3) is 3.37. The SMILES string of the molecule is COc1ccc(-c2nnc(SCC(O)O)[nH]2)c(O)c1. The Balaban J connectivity index is 2.18. The zero-order valence-corrected chi connectivity index (χ0v) is 10.9. The fourth-order valence-corrected chi connectivity index (χ4v) is 2.00. The van der Waals surface area contributed by atoms with Crippen molar-refractivity contribution in [1.82, 2.24) is 15.2 Å². The van der Waals surface area contributed by atoms with Gasteiger partial charge >= 0.3 is 0 Å². The fraction of sp³-hybridized carbons (Fsp3) is 0.273. The van der Waals surface area contributed by atoms with Gasteiger partial charge in [-0.25, -0.2) is 0 Å². The Morgan fingerprint density at radius 2 is 2.16 bits per heavy atom. The summed E-state index contributed by atoms with van der Waals surface area (Å²) >= 11 is 1.12. The van der Waals surface area contributed by atoms with E-state index in [0.29, 0.717) is 22.3 Å². The summed E-state index contributed by atoms with van der Waals surface area (Å²) in [6, 6.07) is 4.83. The molecule has 2 aromatic rings. The largest absolute Gasteiger partial charge is 0.507 e. The molecule has 0 fully saturated rings. The van der Waals surface area contributed by atoms with E-state index in [1.165, 1.54) is 13.2 Å². The first-order valence-corrected chi connectivity index (χ1v) is 6.37. The highest BCUT2D eigenvalue weighted by Gasteiger charge is 2.11. The molecule has 7 nitrogen and oxygen atoms in total. The second-order valence-corrected chi connectivity index (χ2v) is 4.66. The number of aliphatic hydroxyl groups excluding tert-OH is 1. The molecule has 0 aliphatic heterocycles. The van der Waals surface area contributed by atoms with Crippen molar-refractivity contribution in [2.24, 2.45) is 0 Å².